The molecule has 1 heteroatoms. The standard InChI is InChI=1S/C41H27Br/c42-33-23-20-28(21-24-33)30-22-25-36-38(26-30)41(31-14-6-2-7-15-31,32-16-8-3-9-17-32)39-27-37(29-12-4-1-5-13-29)34-18-10-11-19-35(34)40(36)39/h1-27H. The Bertz CT molecular complexity index is 2020. The molecule has 0 radical (unpaired) electrons. The van der Waals surface area contributed by atoms with Crippen molar-refractivity contribution >= 4 is 26.7 Å². The topological polar surface area (TPSA) is 0 Å². The summed E-state index contributed by atoms with van der Waals surface area (Å²) < 4.78 is 1.09. The molecule has 8 rings (SSSR count). The maximum absolute atomic E-state index is 3.62. The Balaban J connectivity index is 1.55. The molecule has 1 aliphatic rings. The zero-order chi connectivity index (χ0) is 28.1. The molecule has 0 aromatic heterocycles. The summed E-state index contributed by atoms with van der Waals surface area (Å²) in [5.41, 5.74) is 12.3. The predicted molar refractivity (Wildman–Crippen MR) is 180 cm³/mol. The monoisotopic (exact) mass is 598 g/mol. The fourth-order valence-electron chi connectivity index (χ4n) is 7.02. The van der Waals surface area contributed by atoms with Crippen molar-refractivity contribution in [3.05, 3.63) is 191 Å². The van der Waals surface area contributed by atoms with E-state index < -0.39 is 5.41 Å². The zero-order valence-corrected chi connectivity index (χ0v) is 24.6. The number of benzene rings is 7. The molecule has 0 N–H and O–H groups in total. The van der Waals surface area contributed by atoms with Gasteiger partial charge in [0, 0.05) is 4.47 Å². The SMILES string of the molecule is Brc1ccc(-c2ccc3c(c2)C(c2ccccc2)(c2ccccc2)c2cc(-c4ccccc4)c4ccccc4c2-3)cc1. The van der Waals surface area contributed by atoms with Crippen LogP contribution >= 0.6 is 15.9 Å². The Hall–Kier alpha value is -4.72. The minimum atomic E-state index is -0.480. The summed E-state index contributed by atoms with van der Waals surface area (Å²) in [4.78, 5) is 0. The molecule has 0 atom stereocenters. The second kappa shape index (κ2) is 9.98. The zero-order valence-electron chi connectivity index (χ0n) is 23.0. The largest absolute Gasteiger partial charge is 0.0714 e. The van der Waals surface area contributed by atoms with Gasteiger partial charge in [0.25, 0.3) is 0 Å². The van der Waals surface area contributed by atoms with Crippen molar-refractivity contribution in [1.29, 1.82) is 0 Å². The van der Waals surface area contributed by atoms with Crippen LogP contribution in [0.2, 0.25) is 0 Å². The lowest BCUT2D eigenvalue weighted by molar-refractivity contribution is 0.769. The normalized spacial score (nSPS) is 13.1. The van der Waals surface area contributed by atoms with Gasteiger partial charge in [-0.05, 0) is 90.7 Å². The second-order valence-electron chi connectivity index (χ2n) is 11.0. The lowest BCUT2D eigenvalue weighted by Crippen LogP contribution is -2.28. The number of halogens is 1. The van der Waals surface area contributed by atoms with E-state index in [4.69, 9.17) is 0 Å². The molecular formula is C41H27Br. The van der Waals surface area contributed by atoms with E-state index in [9.17, 15) is 0 Å². The smallest absolute Gasteiger partial charge is 0.0622 e. The highest BCUT2D eigenvalue weighted by molar-refractivity contribution is 9.10. The molecule has 7 aromatic rings. The molecule has 0 fully saturated rings. The van der Waals surface area contributed by atoms with Crippen LogP contribution in [0.15, 0.2) is 168 Å². The number of rotatable bonds is 4. The van der Waals surface area contributed by atoms with Gasteiger partial charge in [-0.2, -0.15) is 0 Å². The Morgan fingerprint density at radius 3 is 1.57 bits per heavy atom. The fourth-order valence-corrected chi connectivity index (χ4v) is 7.29. The second-order valence-corrected chi connectivity index (χ2v) is 11.9. The van der Waals surface area contributed by atoms with Crippen molar-refractivity contribution in [1.82, 2.24) is 0 Å². The van der Waals surface area contributed by atoms with E-state index in [0.717, 1.165) is 4.47 Å². The lowest BCUT2D eigenvalue weighted by Gasteiger charge is -2.34. The molecule has 0 saturated heterocycles. The van der Waals surface area contributed by atoms with Crippen LogP contribution in [0.3, 0.4) is 0 Å². The molecule has 198 valence electrons. The molecule has 7 aromatic carbocycles. The Morgan fingerprint density at radius 2 is 0.929 bits per heavy atom. The van der Waals surface area contributed by atoms with Gasteiger partial charge in [0.2, 0.25) is 0 Å². The third kappa shape index (κ3) is 3.74. The quantitative estimate of drug-likeness (QED) is 0.189. The molecule has 0 unspecified atom stereocenters. The maximum atomic E-state index is 3.62. The van der Waals surface area contributed by atoms with E-state index in [1.54, 1.807) is 0 Å². The van der Waals surface area contributed by atoms with Gasteiger partial charge in [0.05, 0.1) is 5.41 Å². The van der Waals surface area contributed by atoms with E-state index in [1.165, 1.54) is 66.4 Å². The van der Waals surface area contributed by atoms with E-state index in [0.29, 0.717) is 0 Å². The van der Waals surface area contributed by atoms with Gasteiger partial charge in [0.15, 0.2) is 0 Å². The summed E-state index contributed by atoms with van der Waals surface area (Å²) >= 11 is 3.62. The predicted octanol–water partition coefficient (Wildman–Crippen LogP) is 11.3. The van der Waals surface area contributed by atoms with Crippen molar-refractivity contribution < 1.29 is 0 Å². The van der Waals surface area contributed by atoms with Crippen molar-refractivity contribution in [2.45, 2.75) is 5.41 Å². The van der Waals surface area contributed by atoms with Gasteiger partial charge < -0.3 is 0 Å². The van der Waals surface area contributed by atoms with Crippen LogP contribution in [0.25, 0.3) is 44.2 Å². The number of hydrogen-bond acceptors (Lipinski definition) is 0. The van der Waals surface area contributed by atoms with Gasteiger partial charge in [-0.15, -0.1) is 0 Å². The van der Waals surface area contributed by atoms with Crippen LogP contribution in [0.4, 0.5) is 0 Å². The summed E-state index contributed by atoms with van der Waals surface area (Å²) in [6, 6.07) is 60.1. The Morgan fingerprint density at radius 1 is 0.381 bits per heavy atom. The molecule has 0 bridgehead atoms. The minimum absolute atomic E-state index is 0.480. The summed E-state index contributed by atoms with van der Waals surface area (Å²) in [6.07, 6.45) is 0. The summed E-state index contributed by atoms with van der Waals surface area (Å²) in [7, 11) is 0. The summed E-state index contributed by atoms with van der Waals surface area (Å²) in [5.74, 6) is 0. The Labute approximate surface area is 255 Å². The first-order valence-corrected chi connectivity index (χ1v) is 15.2. The van der Waals surface area contributed by atoms with Gasteiger partial charge in [-0.1, -0.05) is 155 Å². The molecule has 0 heterocycles. The fraction of sp³-hybridized carbons (Fsp3) is 0.0244. The third-order valence-electron chi connectivity index (χ3n) is 8.82. The van der Waals surface area contributed by atoms with Crippen LogP contribution in [-0.2, 0) is 5.41 Å². The van der Waals surface area contributed by atoms with Gasteiger partial charge in [-0.25, -0.2) is 0 Å². The first-order valence-electron chi connectivity index (χ1n) is 14.4. The first-order chi connectivity index (χ1) is 20.7. The van der Waals surface area contributed by atoms with Crippen molar-refractivity contribution in [3.63, 3.8) is 0 Å². The highest BCUT2D eigenvalue weighted by atomic mass is 79.9. The highest BCUT2D eigenvalue weighted by Crippen LogP contribution is 2.59. The van der Waals surface area contributed by atoms with Crippen molar-refractivity contribution in [3.8, 4) is 33.4 Å². The average Bonchev–Trinajstić information content (AvgIpc) is 3.36. The molecule has 0 amide bonds. The molecule has 0 nitrogen and oxygen atoms in total. The summed E-state index contributed by atoms with van der Waals surface area (Å²) in [5, 5.41) is 2.57. The van der Waals surface area contributed by atoms with Crippen LogP contribution in [-0.4, -0.2) is 0 Å². The lowest BCUT2D eigenvalue weighted by atomic mass is 9.67. The van der Waals surface area contributed by atoms with E-state index in [1.807, 2.05) is 0 Å². The number of fused-ring (bicyclic) bond motifs is 5. The van der Waals surface area contributed by atoms with E-state index in [-0.39, 0.29) is 0 Å². The van der Waals surface area contributed by atoms with Gasteiger partial charge in [-0.3, -0.25) is 0 Å². The van der Waals surface area contributed by atoms with Gasteiger partial charge in [0.1, 0.15) is 0 Å². The third-order valence-corrected chi connectivity index (χ3v) is 9.35. The van der Waals surface area contributed by atoms with Crippen LogP contribution in [0, 0.1) is 0 Å². The van der Waals surface area contributed by atoms with Crippen LogP contribution in [0.1, 0.15) is 22.3 Å². The van der Waals surface area contributed by atoms with Crippen LogP contribution < -0.4 is 0 Å². The minimum Gasteiger partial charge on any atom is -0.0622 e. The van der Waals surface area contributed by atoms with E-state index >= 15 is 0 Å². The average molecular weight is 600 g/mol. The molecule has 1 aliphatic carbocycles. The molecule has 0 saturated carbocycles. The Kier molecular flexibility index (Phi) is 5.94. The molecule has 42 heavy (non-hydrogen) atoms. The van der Waals surface area contributed by atoms with Crippen molar-refractivity contribution in [2.24, 2.45) is 0 Å². The number of hydrogen-bond donors (Lipinski definition) is 0. The highest BCUT2D eigenvalue weighted by Gasteiger charge is 2.47. The summed E-state index contributed by atoms with van der Waals surface area (Å²) in [6.45, 7) is 0. The van der Waals surface area contributed by atoms with E-state index in [2.05, 4.69) is 180 Å². The first kappa shape index (κ1) is 25.0. The molecule has 0 aliphatic heterocycles. The molecular weight excluding hydrogens is 572 g/mol. The van der Waals surface area contributed by atoms with Crippen molar-refractivity contribution in [2.75, 3.05) is 0 Å². The molecule has 0 spiro atoms. The van der Waals surface area contributed by atoms with Crippen LogP contribution in [0.5, 0.6) is 0 Å². The van der Waals surface area contributed by atoms with Gasteiger partial charge >= 0.3 is 0 Å². The maximum Gasteiger partial charge on any atom is 0.0714 e.